The van der Waals surface area contributed by atoms with E-state index in [1.54, 1.807) is 12.2 Å². The van der Waals surface area contributed by atoms with Crippen molar-refractivity contribution < 1.29 is 42.9 Å². The Morgan fingerprint density at radius 2 is 0.963 bits per heavy atom. The molecule has 0 bridgehead atoms. The van der Waals surface area contributed by atoms with Crippen molar-refractivity contribution in [2.75, 3.05) is 39.6 Å². The highest BCUT2D eigenvalue weighted by Crippen LogP contribution is 2.01. The van der Waals surface area contributed by atoms with Gasteiger partial charge in [0.05, 0.1) is 52.1 Å². The third kappa shape index (κ3) is 16.7. The Bertz CT molecular complexity index is 455. The van der Waals surface area contributed by atoms with Crippen LogP contribution in [0.3, 0.4) is 0 Å². The molecule has 9 heteroatoms. The van der Waals surface area contributed by atoms with Gasteiger partial charge in [-0.05, 0) is 0 Å². The lowest BCUT2D eigenvalue weighted by Gasteiger charge is -2.06. The Hall–Kier alpha value is -2.52. The van der Waals surface area contributed by atoms with E-state index in [2.05, 4.69) is 17.9 Å². The summed E-state index contributed by atoms with van der Waals surface area (Å²) in [7, 11) is 0. The standard InChI is InChI=1S/C18H26O9/c1-3-9-23-11-13-25-15(19)5-7-17(21)27-18(22)8-6-16(20)26-14-12-24-10-4-2/h3-4H,1-2,5-14H2. The SMILES string of the molecule is C=CCOCCOC(=O)CCC(=O)OC(=O)CCC(=O)OCCOCC=C. The van der Waals surface area contributed by atoms with E-state index in [-0.39, 0.29) is 52.1 Å². The lowest BCUT2D eigenvalue weighted by molar-refractivity contribution is -0.163. The molecule has 27 heavy (non-hydrogen) atoms. The molecule has 0 atom stereocenters. The Morgan fingerprint density at radius 3 is 1.33 bits per heavy atom. The summed E-state index contributed by atoms with van der Waals surface area (Å²) in [5, 5.41) is 0. The van der Waals surface area contributed by atoms with Gasteiger partial charge in [0, 0.05) is 0 Å². The van der Waals surface area contributed by atoms with Crippen LogP contribution >= 0.6 is 0 Å². The van der Waals surface area contributed by atoms with Crippen LogP contribution in [-0.2, 0) is 42.9 Å². The number of carbonyl (C=O) groups excluding carboxylic acids is 4. The molecule has 0 radical (unpaired) electrons. The van der Waals surface area contributed by atoms with Gasteiger partial charge in [-0.15, -0.1) is 13.2 Å². The second-order valence-corrected chi connectivity index (χ2v) is 5.01. The van der Waals surface area contributed by atoms with Crippen molar-refractivity contribution in [2.24, 2.45) is 0 Å². The minimum Gasteiger partial charge on any atom is -0.463 e. The summed E-state index contributed by atoms with van der Waals surface area (Å²) in [4.78, 5) is 45.7. The topological polar surface area (TPSA) is 114 Å². The van der Waals surface area contributed by atoms with Gasteiger partial charge < -0.3 is 23.7 Å². The van der Waals surface area contributed by atoms with Gasteiger partial charge in [-0.25, -0.2) is 0 Å². The molecule has 0 spiro atoms. The molecule has 0 rings (SSSR count). The Morgan fingerprint density at radius 1 is 0.593 bits per heavy atom. The summed E-state index contributed by atoms with van der Waals surface area (Å²) >= 11 is 0. The first-order valence-electron chi connectivity index (χ1n) is 8.41. The van der Waals surface area contributed by atoms with Crippen LogP contribution in [0, 0.1) is 0 Å². The molecule has 0 heterocycles. The van der Waals surface area contributed by atoms with Gasteiger partial charge in [-0.3, -0.25) is 19.2 Å². The van der Waals surface area contributed by atoms with Crippen LogP contribution in [0.4, 0.5) is 0 Å². The maximum Gasteiger partial charge on any atom is 0.314 e. The van der Waals surface area contributed by atoms with Crippen LogP contribution < -0.4 is 0 Å². The minimum absolute atomic E-state index is 0.0569. The predicted octanol–water partition coefficient (Wildman–Crippen LogP) is 1.11. The quantitative estimate of drug-likeness (QED) is 0.126. The van der Waals surface area contributed by atoms with Crippen LogP contribution in [0.2, 0.25) is 0 Å². The molecule has 0 saturated carbocycles. The van der Waals surface area contributed by atoms with Crippen LogP contribution in [0.25, 0.3) is 0 Å². The molecule has 0 amide bonds. The van der Waals surface area contributed by atoms with E-state index in [0.717, 1.165) is 0 Å². The van der Waals surface area contributed by atoms with Crippen LogP contribution in [0.1, 0.15) is 25.7 Å². The second-order valence-electron chi connectivity index (χ2n) is 5.01. The third-order valence-corrected chi connectivity index (χ3v) is 2.75. The molecular weight excluding hydrogens is 360 g/mol. The molecule has 0 N–H and O–H groups in total. The Balaban J connectivity index is 3.71. The van der Waals surface area contributed by atoms with Gasteiger partial charge in [-0.2, -0.15) is 0 Å². The van der Waals surface area contributed by atoms with Crippen molar-refractivity contribution in [2.45, 2.75) is 25.7 Å². The first kappa shape index (κ1) is 24.5. The molecule has 0 aliphatic rings. The molecule has 0 unspecified atom stereocenters. The summed E-state index contributed by atoms with van der Waals surface area (Å²) < 4.78 is 24.2. The summed E-state index contributed by atoms with van der Waals surface area (Å²) in [6, 6.07) is 0. The maximum atomic E-state index is 11.5. The highest BCUT2D eigenvalue weighted by Gasteiger charge is 2.15. The van der Waals surface area contributed by atoms with Crippen molar-refractivity contribution in [3.8, 4) is 0 Å². The number of carbonyl (C=O) groups is 4. The molecule has 0 saturated heterocycles. The fourth-order valence-corrected chi connectivity index (χ4v) is 1.54. The Labute approximate surface area is 158 Å². The van der Waals surface area contributed by atoms with E-state index >= 15 is 0 Å². The fourth-order valence-electron chi connectivity index (χ4n) is 1.54. The average molecular weight is 386 g/mol. The zero-order valence-corrected chi connectivity index (χ0v) is 15.3. The highest BCUT2D eigenvalue weighted by atomic mass is 16.6. The molecular formula is C18H26O9. The number of hydrogen-bond donors (Lipinski definition) is 0. The van der Waals surface area contributed by atoms with E-state index in [0.29, 0.717) is 13.2 Å². The maximum absolute atomic E-state index is 11.5. The van der Waals surface area contributed by atoms with E-state index in [1.165, 1.54) is 0 Å². The van der Waals surface area contributed by atoms with Crippen molar-refractivity contribution in [1.82, 2.24) is 0 Å². The summed E-state index contributed by atoms with van der Waals surface area (Å²) in [5.41, 5.74) is 0. The largest absolute Gasteiger partial charge is 0.463 e. The predicted molar refractivity (Wildman–Crippen MR) is 93.5 cm³/mol. The summed E-state index contributed by atoms with van der Waals surface area (Å²) in [6.45, 7) is 8.18. The molecule has 0 aromatic carbocycles. The van der Waals surface area contributed by atoms with Crippen LogP contribution in [0.15, 0.2) is 25.3 Å². The fraction of sp³-hybridized carbons (Fsp3) is 0.556. The zero-order valence-electron chi connectivity index (χ0n) is 15.3. The van der Waals surface area contributed by atoms with Gasteiger partial charge in [0.25, 0.3) is 0 Å². The number of esters is 4. The molecule has 0 aliphatic heterocycles. The van der Waals surface area contributed by atoms with E-state index in [4.69, 9.17) is 18.9 Å². The van der Waals surface area contributed by atoms with E-state index in [9.17, 15) is 19.2 Å². The first-order chi connectivity index (χ1) is 13.0. The minimum atomic E-state index is -0.869. The summed E-state index contributed by atoms with van der Waals surface area (Å²) in [6.07, 6.45) is 2.08. The van der Waals surface area contributed by atoms with Gasteiger partial charge in [0.2, 0.25) is 0 Å². The molecule has 0 fully saturated rings. The smallest absolute Gasteiger partial charge is 0.314 e. The van der Waals surface area contributed by atoms with Crippen LogP contribution in [-0.4, -0.2) is 63.5 Å². The Kier molecular flexibility index (Phi) is 15.3. The lowest BCUT2D eigenvalue weighted by atomic mass is 10.3. The number of hydrogen-bond acceptors (Lipinski definition) is 9. The monoisotopic (exact) mass is 386 g/mol. The van der Waals surface area contributed by atoms with Crippen molar-refractivity contribution >= 4 is 23.9 Å². The third-order valence-electron chi connectivity index (χ3n) is 2.75. The van der Waals surface area contributed by atoms with E-state index < -0.39 is 23.9 Å². The second kappa shape index (κ2) is 16.9. The van der Waals surface area contributed by atoms with E-state index in [1.807, 2.05) is 0 Å². The molecule has 0 aromatic rings. The van der Waals surface area contributed by atoms with Crippen molar-refractivity contribution in [3.63, 3.8) is 0 Å². The lowest BCUT2D eigenvalue weighted by Crippen LogP contribution is -2.17. The normalized spacial score (nSPS) is 9.93. The molecule has 9 nitrogen and oxygen atoms in total. The number of rotatable bonds is 16. The summed E-state index contributed by atoms with van der Waals surface area (Å²) in [5.74, 6) is -2.95. The highest BCUT2D eigenvalue weighted by molar-refractivity contribution is 5.88. The zero-order chi connectivity index (χ0) is 20.3. The van der Waals surface area contributed by atoms with Crippen LogP contribution in [0.5, 0.6) is 0 Å². The first-order valence-corrected chi connectivity index (χ1v) is 8.41. The van der Waals surface area contributed by atoms with Crippen molar-refractivity contribution in [3.05, 3.63) is 25.3 Å². The van der Waals surface area contributed by atoms with Gasteiger partial charge in [0.1, 0.15) is 13.2 Å². The number of ether oxygens (including phenoxy) is 5. The molecule has 0 aromatic heterocycles. The van der Waals surface area contributed by atoms with Gasteiger partial charge >= 0.3 is 23.9 Å². The van der Waals surface area contributed by atoms with Gasteiger partial charge in [0.15, 0.2) is 0 Å². The molecule has 0 aliphatic carbocycles. The van der Waals surface area contributed by atoms with Gasteiger partial charge in [-0.1, -0.05) is 12.2 Å². The van der Waals surface area contributed by atoms with Crippen molar-refractivity contribution in [1.29, 1.82) is 0 Å². The molecule has 152 valence electrons. The average Bonchev–Trinajstić information content (AvgIpc) is 2.64.